The number of likely N-dealkylation sites (tertiary alicyclic amines) is 1. The maximum atomic E-state index is 12.1. The summed E-state index contributed by atoms with van der Waals surface area (Å²) in [4.78, 5) is 17.5. The number of carbonyl (C=O) groups excluding carboxylic acids is 1. The predicted octanol–water partition coefficient (Wildman–Crippen LogP) is 1.51. The summed E-state index contributed by atoms with van der Waals surface area (Å²) < 4.78 is 0. The van der Waals surface area contributed by atoms with E-state index in [4.69, 9.17) is 0 Å². The Labute approximate surface area is 153 Å². The van der Waals surface area contributed by atoms with E-state index in [-0.39, 0.29) is 5.91 Å². The Morgan fingerprint density at radius 3 is 2.77 bits per heavy atom. The summed E-state index contributed by atoms with van der Waals surface area (Å²) in [7, 11) is 0. The summed E-state index contributed by atoms with van der Waals surface area (Å²) in [5, 5.41) is 14.4. The van der Waals surface area contributed by atoms with E-state index in [1.807, 2.05) is 19.1 Å². The molecular formula is C20H25N4O2+. The van der Waals surface area contributed by atoms with Crippen molar-refractivity contribution in [3.05, 3.63) is 59.4 Å². The molecule has 1 amide bonds. The van der Waals surface area contributed by atoms with Crippen molar-refractivity contribution in [2.45, 2.75) is 32.7 Å². The Morgan fingerprint density at radius 1 is 1.23 bits per heavy atom. The third kappa shape index (κ3) is 4.67. The van der Waals surface area contributed by atoms with Crippen molar-refractivity contribution >= 4 is 11.6 Å². The monoisotopic (exact) mass is 353 g/mol. The maximum Gasteiger partial charge on any atom is 0.272 e. The number of nitrogens with zero attached hydrogens (tertiary/aromatic N) is 2. The van der Waals surface area contributed by atoms with E-state index in [2.05, 4.69) is 15.5 Å². The summed E-state index contributed by atoms with van der Waals surface area (Å²) in [6.45, 7) is 4.96. The highest BCUT2D eigenvalue weighted by Crippen LogP contribution is 2.18. The van der Waals surface area contributed by atoms with Crippen LogP contribution in [0.5, 0.6) is 5.75 Å². The third-order valence-corrected chi connectivity index (χ3v) is 4.75. The molecule has 1 aromatic carbocycles. The van der Waals surface area contributed by atoms with Gasteiger partial charge in [0.05, 0.1) is 24.4 Å². The largest absolute Gasteiger partial charge is 0.507 e. The van der Waals surface area contributed by atoms with E-state index in [0.717, 1.165) is 30.8 Å². The lowest BCUT2D eigenvalue weighted by Crippen LogP contribution is -3.11. The minimum Gasteiger partial charge on any atom is -0.507 e. The molecule has 0 radical (unpaired) electrons. The molecule has 1 aliphatic heterocycles. The minimum absolute atomic E-state index is 0.297. The van der Waals surface area contributed by atoms with Crippen LogP contribution >= 0.6 is 0 Å². The highest BCUT2D eigenvalue weighted by Gasteiger charge is 2.16. The summed E-state index contributed by atoms with van der Waals surface area (Å²) >= 11 is 0. The first kappa shape index (κ1) is 18.1. The average Bonchev–Trinajstić information content (AvgIpc) is 2.69. The molecule has 1 saturated heterocycles. The van der Waals surface area contributed by atoms with Crippen LogP contribution in [-0.2, 0) is 6.54 Å². The van der Waals surface area contributed by atoms with E-state index in [1.165, 1.54) is 30.4 Å². The van der Waals surface area contributed by atoms with Crippen LogP contribution in [0.1, 0.15) is 47.7 Å². The van der Waals surface area contributed by atoms with Crippen molar-refractivity contribution in [3.8, 4) is 5.75 Å². The first-order chi connectivity index (χ1) is 12.6. The number of rotatable bonds is 5. The van der Waals surface area contributed by atoms with Crippen LogP contribution in [0.25, 0.3) is 0 Å². The number of carbonyl (C=O) groups is 1. The van der Waals surface area contributed by atoms with Crippen molar-refractivity contribution in [3.63, 3.8) is 0 Å². The SMILES string of the molecule is C/C(=N\NC(=O)c1cccnc1)c1ccc(O)c(C[NH+]2CCCCC2)c1. The van der Waals surface area contributed by atoms with E-state index in [1.54, 1.807) is 24.4 Å². The lowest BCUT2D eigenvalue weighted by molar-refractivity contribution is -0.918. The van der Waals surface area contributed by atoms with Gasteiger partial charge < -0.3 is 10.0 Å². The zero-order valence-corrected chi connectivity index (χ0v) is 15.0. The summed E-state index contributed by atoms with van der Waals surface area (Å²) in [5.74, 6) is 0.0215. The van der Waals surface area contributed by atoms with Gasteiger partial charge in [0, 0.05) is 18.0 Å². The molecule has 136 valence electrons. The molecule has 6 nitrogen and oxygen atoms in total. The number of hydrogen-bond donors (Lipinski definition) is 3. The second-order valence-corrected chi connectivity index (χ2v) is 6.71. The van der Waals surface area contributed by atoms with Gasteiger partial charge in [-0.2, -0.15) is 5.10 Å². The molecular weight excluding hydrogens is 328 g/mol. The van der Waals surface area contributed by atoms with E-state index < -0.39 is 0 Å². The van der Waals surface area contributed by atoms with Crippen molar-refractivity contribution in [2.75, 3.05) is 13.1 Å². The Balaban J connectivity index is 1.69. The van der Waals surface area contributed by atoms with Crippen LogP contribution in [0.3, 0.4) is 0 Å². The molecule has 0 atom stereocenters. The highest BCUT2D eigenvalue weighted by molar-refractivity contribution is 6.01. The molecule has 3 rings (SSSR count). The van der Waals surface area contributed by atoms with Crippen LogP contribution in [0.4, 0.5) is 0 Å². The Hall–Kier alpha value is -2.73. The number of phenolic OH excluding ortho intramolecular Hbond substituents is 1. The molecule has 6 heteroatoms. The van der Waals surface area contributed by atoms with Gasteiger partial charge in [0.15, 0.2) is 0 Å². The van der Waals surface area contributed by atoms with Crippen molar-refractivity contribution < 1.29 is 14.8 Å². The number of amides is 1. The number of benzene rings is 1. The number of hydrogen-bond acceptors (Lipinski definition) is 4. The van der Waals surface area contributed by atoms with E-state index in [9.17, 15) is 9.90 Å². The fourth-order valence-corrected chi connectivity index (χ4v) is 3.21. The fraction of sp³-hybridized carbons (Fsp3) is 0.350. The average molecular weight is 353 g/mol. The van der Waals surface area contributed by atoms with Gasteiger partial charge in [0.2, 0.25) is 0 Å². The second kappa shape index (κ2) is 8.58. The van der Waals surface area contributed by atoms with Gasteiger partial charge in [-0.3, -0.25) is 9.78 Å². The Morgan fingerprint density at radius 2 is 2.04 bits per heavy atom. The van der Waals surface area contributed by atoms with Crippen LogP contribution in [0, 0.1) is 0 Å². The molecule has 0 saturated carbocycles. The van der Waals surface area contributed by atoms with Gasteiger partial charge in [-0.05, 0) is 62.1 Å². The third-order valence-electron chi connectivity index (χ3n) is 4.75. The van der Waals surface area contributed by atoms with Crippen molar-refractivity contribution in [1.29, 1.82) is 0 Å². The van der Waals surface area contributed by atoms with Crippen molar-refractivity contribution in [2.24, 2.45) is 5.10 Å². The number of phenols is 1. The van der Waals surface area contributed by atoms with Gasteiger partial charge >= 0.3 is 0 Å². The minimum atomic E-state index is -0.297. The lowest BCUT2D eigenvalue weighted by atomic mass is 10.0. The molecule has 1 aliphatic rings. The number of nitrogens with one attached hydrogen (secondary N) is 2. The van der Waals surface area contributed by atoms with Crippen LogP contribution in [-0.4, -0.2) is 34.8 Å². The number of hydrazone groups is 1. The first-order valence-corrected chi connectivity index (χ1v) is 9.04. The molecule has 1 fully saturated rings. The second-order valence-electron chi connectivity index (χ2n) is 6.71. The topological polar surface area (TPSA) is 79.0 Å². The molecule has 26 heavy (non-hydrogen) atoms. The van der Waals surface area contributed by atoms with Gasteiger partial charge in [0.25, 0.3) is 5.91 Å². The molecule has 2 aromatic rings. The molecule has 2 heterocycles. The Kier molecular flexibility index (Phi) is 5.96. The zero-order chi connectivity index (χ0) is 18.4. The summed E-state index contributed by atoms with van der Waals surface area (Å²) in [6.07, 6.45) is 6.92. The molecule has 0 spiro atoms. The van der Waals surface area contributed by atoms with Crippen LogP contribution in [0.2, 0.25) is 0 Å². The standard InChI is InChI=1S/C20H24N4O2/c1-15(22-23-20(26)17-6-5-9-21-13-17)16-7-8-19(25)18(12-16)14-24-10-3-2-4-11-24/h5-9,12-13,25H,2-4,10-11,14H2,1H3,(H,23,26)/p+1/b22-15+. The van der Waals surface area contributed by atoms with Gasteiger partial charge in [0.1, 0.15) is 12.3 Å². The smallest absolute Gasteiger partial charge is 0.272 e. The molecule has 1 aromatic heterocycles. The molecule has 0 bridgehead atoms. The number of pyridine rings is 1. The number of quaternary nitrogens is 1. The van der Waals surface area contributed by atoms with Gasteiger partial charge in [-0.25, -0.2) is 5.43 Å². The van der Waals surface area contributed by atoms with Crippen molar-refractivity contribution in [1.82, 2.24) is 10.4 Å². The summed E-state index contributed by atoms with van der Waals surface area (Å²) in [5.41, 5.74) is 5.52. The number of piperidine rings is 1. The fourth-order valence-electron chi connectivity index (χ4n) is 3.21. The Bertz CT molecular complexity index is 784. The first-order valence-electron chi connectivity index (χ1n) is 9.04. The molecule has 0 aliphatic carbocycles. The lowest BCUT2D eigenvalue weighted by Gasteiger charge is -2.24. The van der Waals surface area contributed by atoms with Crippen LogP contribution < -0.4 is 10.3 Å². The molecule has 3 N–H and O–H groups in total. The maximum absolute atomic E-state index is 12.1. The quantitative estimate of drug-likeness (QED) is 0.563. The predicted molar refractivity (Wildman–Crippen MR) is 100 cm³/mol. The normalized spacial score (nSPS) is 15.7. The van der Waals surface area contributed by atoms with Crippen LogP contribution in [0.15, 0.2) is 47.8 Å². The van der Waals surface area contributed by atoms with E-state index >= 15 is 0 Å². The molecule has 0 unspecified atom stereocenters. The number of aromatic hydroxyl groups is 1. The number of aromatic nitrogens is 1. The summed E-state index contributed by atoms with van der Waals surface area (Å²) in [6, 6.07) is 8.88. The highest BCUT2D eigenvalue weighted by atomic mass is 16.3. The van der Waals surface area contributed by atoms with Gasteiger partial charge in [-0.15, -0.1) is 0 Å². The van der Waals surface area contributed by atoms with E-state index in [0.29, 0.717) is 17.0 Å². The zero-order valence-electron chi connectivity index (χ0n) is 15.0. The van der Waals surface area contributed by atoms with Gasteiger partial charge in [-0.1, -0.05) is 0 Å².